The molecule has 0 aromatic carbocycles. The van der Waals surface area contributed by atoms with Crippen LogP contribution in [0.5, 0.6) is 0 Å². The summed E-state index contributed by atoms with van der Waals surface area (Å²) < 4.78 is 0. The van der Waals surface area contributed by atoms with Crippen LogP contribution in [0.2, 0.25) is 11.1 Å². The molecule has 14 heavy (non-hydrogen) atoms. The number of fused-ring (bicyclic) bond motifs is 1. The minimum Gasteiger partial charge on any atom is -0.0681 e. The Bertz CT molecular complexity index is 254. The van der Waals surface area contributed by atoms with Gasteiger partial charge in [-0.1, -0.05) is 66.0 Å². The van der Waals surface area contributed by atoms with Crippen LogP contribution in [0.4, 0.5) is 0 Å². The molecule has 0 N–H and O–H groups in total. The molecule has 0 amide bonds. The highest BCUT2D eigenvalue weighted by molar-refractivity contribution is 6.59. The largest absolute Gasteiger partial charge is 0.122 e. The standard InChI is InChI=1S/C13H24B/c1-10(2,3)12(7)8-9-13(12,14-9)11(4,5)6/h9H,8H2,1-7H3. The first kappa shape index (κ1) is 10.6. The molecule has 2 rings (SSSR count). The van der Waals surface area contributed by atoms with Gasteiger partial charge in [0.2, 0.25) is 0 Å². The van der Waals surface area contributed by atoms with Crippen LogP contribution in [0.15, 0.2) is 0 Å². The average Bonchev–Trinajstić information content (AvgIpc) is 2.52. The molecule has 0 aromatic heterocycles. The summed E-state index contributed by atoms with van der Waals surface area (Å²) in [4.78, 5) is 0. The fraction of sp³-hybridized carbons (Fsp3) is 1.00. The molecule has 0 aromatic rings. The van der Waals surface area contributed by atoms with Crippen LogP contribution in [0.3, 0.4) is 0 Å². The molecule has 3 unspecified atom stereocenters. The molecule has 3 atom stereocenters. The lowest BCUT2D eigenvalue weighted by atomic mass is 9.42. The molecule has 0 bridgehead atoms. The second kappa shape index (κ2) is 2.25. The Morgan fingerprint density at radius 3 is 1.64 bits per heavy atom. The highest BCUT2D eigenvalue weighted by Gasteiger charge is 2.79. The molecule has 1 aliphatic carbocycles. The molecule has 1 radical (unpaired) electrons. The van der Waals surface area contributed by atoms with Crippen molar-refractivity contribution < 1.29 is 0 Å². The fourth-order valence-electron chi connectivity index (χ4n) is 4.12. The van der Waals surface area contributed by atoms with Crippen molar-refractivity contribution in [2.75, 3.05) is 0 Å². The van der Waals surface area contributed by atoms with Gasteiger partial charge in [-0.25, -0.2) is 0 Å². The molecular weight excluding hydrogens is 167 g/mol. The summed E-state index contributed by atoms with van der Waals surface area (Å²) >= 11 is 0. The minimum atomic E-state index is 0.434. The Labute approximate surface area is 90.1 Å². The van der Waals surface area contributed by atoms with Gasteiger partial charge in [-0.05, 0) is 16.2 Å². The molecule has 1 aliphatic heterocycles. The molecule has 1 saturated carbocycles. The van der Waals surface area contributed by atoms with Gasteiger partial charge in [0.25, 0.3) is 0 Å². The Kier molecular flexibility index (Phi) is 1.70. The zero-order valence-electron chi connectivity index (χ0n) is 10.9. The number of hydrogen-bond donors (Lipinski definition) is 0. The Morgan fingerprint density at radius 1 is 1.00 bits per heavy atom. The normalized spacial score (nSPS) is 46.4. The molecular formula is C13H24B. The molecule has 0 nitrogen and oxygen atoms in total. The van der Waals surface area contributed by atoms with Crippen LogP contribution in [-0.4, -0.2) is 7.28 Å². The van der Waals surface area contributed by atoms with Gasteiger partial charge in [0.1, 0.15) is 7.28 Å². The zero-order valence-corrected chi connectivity index (χ0v) is 10.9. The predicted octanol–water partition coefficient (Wildman–Crippen LogP) is 4.15. The van der Waals surface area contributed by atoms with Gasteiger partial charge in [-0.2, -0.15) is 0 Å². The molecule has 1 heteroatoms. The van der Waals surface area contributed by atoms with Gasteiger partial charge in [0.15, 0.2) is 0 Å². The third-order valence-electron chi connectivity index (χ3n) is 5.38. The van der Waals surface area contributed by atoms with E-state index in [1.807, 2.05) is 0 Å². The quantitative estimate of drug-likeness (QED) is 0.504. The highest BCUT2D eigenvalue weighted by Crippen LogP contribution is 2.90. The molecule has 0 spiro atoms. The number of rotatable bonds is 0. The maximum Gasteiger partial charge on any atom is 0.122 e. The van der Waals surface area contributed by atoms with Crippen molar-refractivity contribution in [3.8, 4) is 0 Å². The van der Waals surface area contributed by atoms with Crippen LogP contribution in [-0.2, 0) is 0 Å². The molecule has 1 saturated heterocycles. The zero-order chi connectivity index (χ0) is 11.0. The van der Waals surface area contributed by atoms with E-state index in [-0.39, 0.29) is 0 Å². The van der Waals surface area contributed by atoms with E-state index in [1.54, 1.807) is 0 Å². The van der Waals surface area contributed by atoms with E-state index in [9.17, 15) is 0 Å². The van der Waals surface area contributed by atoms with E-state index in [4.69, 9.17) is 0 Å². The first-order valence-corrected chi connectivity index (χ1v) is 5.92. The SMILES string of the molecule is CC(C)(C)C1(C)CC2[B]C21C(C)(C)C. The van der Waals surface area contributed by atoms with Crippen LogP contribution in [0.25, 0.3) is 0 Å². The monoisotopic (exact) mass is 191 g/mol. The smallest absolute Gasteiger partial charge is 0.0681 e. The Balaban J connectivity index is 2.35. The van der Waals surface area contributed by atoms with Gasteiger partial charge in [0.05, 0.1) is 0 Å². The van der Waals surface area contributed by atoms with Crippen molar-refractivity contribution in [2.24, 2.45) is 16.2 Å². The highest BCUT2D eigenvalue weighted by atomic mass is 14.7. The van der Waals surface area contributed by atoms with Gasteiger partial charge in [-0.3, -0.25) is 0 Å². The summed E-state index contributed by atoms with van der Waals surface area (Å²) in [5.41, 5.74) is 1.39. The van der Waals surface area contributed by atoms with E-state index in [0.717, 1.165) is 5.82 Å². The Hall–Kier alpha value is 0.0649. The van der Waals surface area contributed by atoms with E-state index >= 15 is 0 Å². The fourth-order valence-corrected chi connectivity index (χ4v) is 4.12. The van der Waals surface area contributed by atoms with E-state index < -0.39 is 0 Å². The predicted molar refractivity (Wildman–Crippen MR) is 63.8 cm³/mol. The summed E-state index contributed by atoms with van der Waals surface area (Å²) in [5.74, 6) is 0.923. The first-order chi connectivity index (χ1) is 6.06. The Morgan fingerprint density at radius 2 is 1.50 bits per heavy atom. The van der Waals surface area contributed by atoms with Crippen molar-refractivity contribution in [2.45, 2.75) is 66.0 Å². The van der Waals surface area contributed by atoms with Crippen molar-refractivity contribution in [1.82, 2.24) is 0 Å². The average molecular weight is 191 g/mol. The maximum atomic E-state index is 2.62. The second-order valence-corrected chi connectivity index (χ2v) is 7.68. The summed E-state index contributed by atoms with van der Waals surface area (Å²) in [5, 5.41) is 0.540. The van der Waals surface area contributed by atoms with Gasteiger partial charge in [-0.15, -0.1) is 0 Å². The number of hydrogen-bond acceptors (Lipinski definition) is 0. The van der Waals surface area contributed by atoms with Crippen molar-refractivity contribution in [3.05, 3.63) is 0 Å². The van der Waals surface area contributed by atoms with Crippen LogP contribution < -0.4 is 0 Å². The summed E-state index contributed by atoms with van der Waals surface area (Å²) in [6.07, 6.45) is 1.41. The topological polar surface area (TPSA) is 0 Å². The van der Waals surface area contributed by atoms with Gasteiger partial charge >= 0.3 is 0 Å². The van der Waals surface area contributed by atoms with E-state index in [2.05, 4.69) is 55.7 Å². The summed E-state index contributed by atoms with van der Waals surface area (Å²) in [6.45, 7) is 16.9. The lowest BCUT2D eigenvalue weighted by molar-refractivity contribution is -0.0539. The van der Waals surface area contributed by atoms with Crippen LogP contribution in [0.1, 0.15) is 54.9 Å². The minimum absolute atomic E-state index is 0.434. The lowest BCUT2D eigenvalue weighted by Crippen LogP contribution is -2.49. The first-order valence-electron chi connectivity index (χ1n) is 5.92. The summed E-state index contributed by atoms with van der Waals surface area (Å²) in [7, 11) is 2.62. The summed E-state index contributed by atoms with van der Waals surface area (Å²) in [6, 6.07) is 0. The molecule has 79 valence electrons. The second-order valence-electron chi connectivity index (χ2n) is 7.68. The third-order valence-corrected chi connectivity index (χ3v) is 5.38. The van der Waals surface area contributed by atoms with Crippen LogP contribution in [0, 0.1) is 16.2 Å². The lowest BCUT2D eigenvalue weighted by Gasteiger charge is -2.62. The van der Waals surface area contributed by atoms with Crippen LogP contribution >= 0.6 is 0 Å². The van der Waals surface area contributed by atoms with Gasteiger partial charge in [0, 0.05) is 0 Å². The van der Waals surface area contributed by atoms with Gasteiger partial charge < -0.3 is 0 Å². The van der Waals surface area contributed by atoms with Crippen molar-refractivity contribution in [1.29, 1.82) is 0 Å². The van der Waals surface area contributed by atoms with Crippen molar-refractivity contribution >= 4 is 7.28 Å². The molecule has 2 fully saturated rings. The van der Waals surface area contributed by atoms with E-state index in [1.165, 1.54) is 6.42 Å². The van der Waals surface area contributed by atoms with Crippen molar-refractivity contribution in [3.63, 3.8) is 0 Å². The van der Waals surface area contributed by atoms with E-state index in [0.29, 0.717) is 21.6 Å². The third kappa shape index (κ3) is 0.876. The molecule has 1 heterocycles. The maximum absolute atomic E-state index is 2.62. The molecule has 2 aliphatic rings.